The number of thioether (sulfide) groups is 1. The molecule has 4 heteroatoms. The molecule has 152 valence electrons. The van der Waals surface area contributed by atoms with Crippen LogP contribution in [-0.2, 0) is 4.79 Å². The minimum absolute atomic E-state index is 0.0461. The molecule has 1 saturated heterocycles. The fourth-order valence-corrected chi connectivity index (χ4v) is 9.75. The number of carbonyl (C=O) groups excluding carboxylic acids is 1. The Kier molecular flexibility index (Phi) is 4.54. The van der Waals surface area contributed by atoms with Gasteiger partial charge in [0.15, 0.2) is 0 Å². The maximum absolute atomic E-state index is 12.6. The number of carbonyl (C=O) groups is 1. The Morgan fingerprint density at radius 1 is 1.00 bits per heavy atom. The van der Waals surface area contributed by atoms with Gasteiger partial charge in [0.2, 0.25) is 0 Å². The lowest BCUT2D eigenvalue weighted by Gasteiger charge is -2.63. The van der Waals surface area contributed by atoms with Crippen molar-refractivity contribution in [2.45, 2.75) is 94.2 Å². The summed E-state index contributed by atoms with van der Waals surface area (Å²) in [6.07, 6.45) is 11.0. The molecule has 27 heavy (non-hydrogen) atoms. The van der Waals surface area contributed by atoms with E-state index in [2.05, 4.69) is 30.9 Å². The van der Waals surface area contributed by atoms with Gasteiger partial charge in [-0.1, -0.05) is 13.8 Å². The van der Waals surface area contributed by atoms with Gasteiger partial charge in [0.05, 0.1) is 5.60 Å². The van der Waals surface area contributed by atoms with Gasteiger partial charge in [-0.3, -0.25) is 4.79 Å². The molecule has 8 atom stereocenters. The van der Waals surface area contributed by atoms with Crippen molar-refractivity contribution >= 4 is 17.5 Å². The number of ketones is 1. The molecule has 1 heterocycles. The number of rotatable bonds is 2. The Bertz CT molecular complexity index is 619. The third-order valence-corrected chi connectivity index (χ3v) is 11.4. The van der Waals surface area contributed by atoms with E-state index in [4.69, 9.17) is 0 Å². The van der Waals surface area contributed by atoms with Crippen LogP contribution in [0.5, 0.6) is 0 Å². The lowest BCUT2D eigenvalue weighted by atomic mass is 9.44. The number of Topliss-reactive ketones (excluding diaryl/α,β-unsaturated/α-hetero) is 1. The van der Waals surface area contributed by atoms with Crippen molar-refractivity contribution in [3.05, 3.63) is 0 Å². The van der Waals surface area contributed by atoms with Crippen LogP contribution in [0.15, 0.2) is 0 Å². The van der Waals surface area contributed by atoms with E-state index in [0.717, 1.165) is 63.3 Å². The minimum atomic E-state index is -0.480. The van der Waals surface area contributed by atoms with Crippen LogP contribution in [0.3, 0.4) is 0 Å². The first-order valence-corrected chi connectivity index (χ1v) is 12.4. The zero-order valence-electron chi connectivity index (χ0n) is 17.1. The number of nitrogens with one attached hydrogen (secondary N) is 1. The predicted molar refractivity (Wildman–Crippen MR) is 111 cm³/mol. The Balaban J connectivity index is 1.35. The van der Waals surface area contributed by atoms with Gasteiger partial charge in [0.25, 0.3) is 0 Å². The highest BCUT2D eigenvalue weighted by Gasteiger charge is 2.64. The maximum Gasteiger partial charge on any atom is 0.139 e. The van der Waals surface area contributed by atoms with Gasteiger partial charge >= 0.3 is 0 Å². The highest BCUT2D eigenvalue weighted by atomic mass is 32.2. The topological polar surface area (TPSA) is 49.3 Å². The van der Waals surface area contributed by atoms with Crippen LogP contribution in [0, 0.1) is 28.6 Å². The van der Waals surface area contributed by atoms with E-state index < -0.39 is 5.60 Å². The molecule has 0 aromatic carbocycles. The van der Waals surface area contributed by atoms with Gasteiger partial charge in [-0.2, -0.15) is 11.8 Å². The normalized spacial score (nSPS) is 55.1. The summed E-state index contributed by atoms with van der Waals surface area (Å²) in [5.41, 5.74) is -0.462. The summed E-state index contributed by atoms with van der Waals surface area (Å²) >= 11 is 2.16. The summed E-state index contributed by atoms with van der Waals surface area (Å²) in [6, 6.07) is 0. The van der Waals surface area contributed by atoms with Crippen LogP contribution in [0.25, 0.3) is 0 Å². The molecule has 1 unspecified atom stereocenters. The number of hydrogen-bond acceptors (Lipinski definition) is 4. The van der Waals surface area contributed by atoms with Crippen molar-refractivity contribution in [1.29, 1.82) is 0 Å². The smallest absolute Gasteiger partial charge is 0.139 e. The van der Waals surface area contributed by atoms with E-state index in [-0.39, 0.29) is 10.8 Å². The van der Waals surface area contributed by atoms with E-state index in [1.165, 1.54) is 19.3 Å². The van der Waals surface area contributed by atoms with E-state index in [9.17, 15) is 9.90 Å². The quantitative estimate of drug-likeness (QED) is 0.741. The molecule has 5 rings (SSSR count). The lowest BCUT2D eigenvalue weighted by Crippen LogP contribution is -2.62. The highest BCUT2D eigenvalue weighted by molar-refractivity contribution is 8.00. The fraction of sp³-hybridized carbons (Fsp3) is 0.957. The van der Waals surface area contributed by atoms with Crippen molar-refractivity contribution in [1.82, 2.24) is 5.32 Å². The van der Waals surface area contributed by atoms with E-state index in [1.807, 2.05) is 0 Å². The van der Waals surface area contributed by atoms with Gasteiger partial charge < -0.3 is 10.4 Å². The van der Waals surface area contributed by atoms with Crippen LogP contribution in [0.4, 0.5) is 0 Å². The summed E-state index contributed by atoms with van der Waals surface area (Å²) in [7, 11) is 0. The molecule has 0 radical (unpaired) electrons. The Hall–Kier alpha value is -0.0600. The zero-order valence-corrected chi connectivity index (χ0v) is 18.0. The average molecular weight is 392 g/mol. The molecule has 0 amide bonds. The molecule has 0 aromatic heterocycles. The van der Waals surface area contributed by atoms with Crippen LogP contribution in [0.1, 0.15) is 78.1 Å². The molecule has 4 aliphatic carbocycles. The molecule has 0 spiro atoms. The summed E-state index contributed by atoms with van der Waals surface area (Å²) in [6.45, 7) is 6.99. The summed E-state index contributed by atoms with van der Waals surface area (Å²) in [5.74, 6) is 2.41. The SMILES string of the molecule is C[C@]12CC[C@H]3[C@@H](CC[C@@]4(O)C[C@H](SC5CCNC5)CC[C@]34C)[C@@H]1CCC2=O. The predicted octanol–water partition coefficient (Wildman–Crippen LogP) is 4.18. The van der Waals surface area contributed by atoms with Gasteiger partial charge in [-0.15, -0.1) is 0 Å². The summed E-state index contributed by atoms with van der Waals surface area (Å²) in [5, 5.41) is 16.8. The summed E-state index contributed by atoms with van der Waals surface area (Å²) in [4.78, 5) is 12.6. The van der Waals surface area contributed by atoms with Crippen LogP contribution in [-0.4, -0.2) is 40.1 Å². The molecule has 5 fully saturated rings. The first-order valence-electron chi connectivity index (χ1n) is 11.5. The van der Waals surface area contributed by atoms with Crippen LogP contribution < -0.4 is 5.32 Å². The third-order valence-electron chi connectivity index (χ3n) is 9.87. The summed E-state index contributed by atoms with van der Waals surface area (Å²) < 4.78 is 0. The number of aliphatic hydroxyl groups is 1. The highest BCUT2D eigenvalue weighted by Crippen LogP contribution is 2.67. The largest absolute Gasteiger partial charge is 0.389 e. The van der Waals surface area contributed by atoms with Crippen molar-refractivity contribution in [3.8, 4) is 0 Å². The van der Waals surface area contributed by atoms with Gasteiger partial charge in [0.1, 0.15) is 5.78 Å². The van der Waals surface area contributed by atoms with Crippen molar-refractivity contribution in [2.24, 2.45) is 28.6 Å². The minimum Gasteiger partial charge on any atom is -0.389 e. The van der Waals surface area contributed by atoms with Crippen molar-refractivity contribution in [2.75, 3.05) is 13.1 Å². The van der Waals surface area contributed by atoms with E-state index in [0.29, 0.717) is 28.8 Å². The van der Waals surface area contributed by atoms with Gasteiger partial charge in [0, 0.05) is 28.9 Å². The molecule has 1 aliphatic heterocycles. The van der Waals surface area contributed by atoms with Gasteiger partial charge in [-0.05, 0) is 87.5 Å². The molecule has 0 bridgehead atoms. The molecule has 2 N–H and O–H groups in total. The fourth-order valence-electron chi connectivity index (χ4n) is 8.11. The molecule has 0 aromatic rings. The Morgan fingerprint density at radius 2 is 1.85 bits per heavy atom. The molecule has 3 nitrogen and oxygen atoms in total. The monoisotopic (exact) mass is 391 g/mol. The standard InChI is InChI=1S/C23H37NO2S/c1-21-9-7-19-17(18(21)3-4-20(21)25)6-11-23(26)13-15(5-10-22(19,23)2)27-16-8-12-24-14-16/h15-19,24,26H,3-14H2,1-2H3/t15-,16?,17+,18+,19+,21+,22-,23-/m1/s1. The maximum atomic E-state index is 12.6. The van der Waals surface area contributed by atoms with Crippen molar-refractivity contribution in [3.63, 3.8) is 0 Å². The molecule has 5 aliphatic rings. The van der Waals surface area contributed by atoms with Gasteiger partial charge in [-0.25, -0.2) is 0 Å². The second-order valence-electron chi connectivity index (χ2n) is 10.9. The Labute approximate surface area is 168 Å². The number of fused-ring (bicyclic) bond motifs is 5. The van der Waals surface area contributed by atoms with Crippen LogP contribution >= 0.6 is 11.8 Å². The first kappa shape index (κ1) is 18.9. The third kappa shape index (κ3) is 2.72. The van der Waals surface area contributed by atoms with E-state index in [1.54, 1.807) is 0 Å². The Morgan fingerprint density at radius 3 is 2.63 bits per heavy atom. The molecular weight excluding hydrogens is 354 g/mol. The lowest BCUT2D eigenvalue weighted by molar-refractivity contribution is -0.200. The van der Waals surface area contributed by atoms with E-state index >= 15 is 0 Å². The average Bonchev–Trinajstić information content (AvgIpc) is 3.24. The second-order valence-corrected chi connectivity index (χ2v) is 12.5. The molecule has 4 saturated carbocycles. The zero-order chi connectivity index (χ0) is 18.9. The second kappa shape index (κ2) is 6.47. The number of hydrogen-bond donors (Lipinski definition) is 2. The first-order chi connectivity index (χ1) is 12.9. The van der Waals surface area contributed by atoms with Crippen LogP contribution in [0.2, 0.25) is 0 Å². The molecular formula is C23H37NO2S. The van der Waals surface area contributed by atoms with Crippen molar-refractivity contribution < 1.29 is 9.90 Å².